The fourth-order valence-electron chi connectivity index (χ4n) is 4.32. The van der Waals surface area contributed by atoms with Crippen molar-refractivity contribution in [2.24, 2.45) is 5.41 Å². The van der Waals surface area contributed by atoms with Gasteiger partial charge in [0.1, 0.15) is 0 Å². The molecule has 4 rings (SSSR count). The zero-order chi connectivity index (χ0) is 19.4. The van der Waals surface area contributed by atoms with E-state index in [-0.39, 0.29) is 11.3 Å². The minimum absolute atomic E-state index is 0.255. The molecule has 150 valence electrons. The molecule has 1 aromatic heterocycles. The summed E-state index contributed by atoms with van der Waals surface area (Å²) in [6.45, 7) is 4.88. The molecule has 1 amide bonds. The smallest absolute Gasteiger partial charge is 0.257 e. The Labute approximate surface area is 165 Å². The Morgan fingerprint density at radius 3 is 2.71 bits per heavy atom. The molecule has 0 aliphatic carbocycles. The van der Waals surface area contributed by atoms with Crippen LogP contribution in [0.4, 0.5) is 0 Å². The Morgan fingerprint density at radius 1 is 1.18 bits per heavy atom. The topological polar surface area (TPSA) is 71.7 Å². The number of rotatable bonds is 6. The van der Waals surface area contributed by atoms with Crippen LogP contribution in [0.15, 0.2) is 34.9 Å². The molecular formula is C21H28N4O3. The van der Waals surface area contributed by atoms with Crippen molar-refractivity contribution in [1.82, 2.24) is 19.9 Å². The summed E-state index contributed by atoms with van der Waals surface area (Å²) in [6, 6.07) is 9.85. The maximum Gasteiger partial charge on any atom is 0.257 e. The molecule has 0 saturated carbocycles. The number of aromatic nitrogens is 2. The fraction of sp³-hybridized carbons (Fsp3) is 0.571. The van der Waals surface area contributed by atoms with Crippen LogP contribution in [0.2, 0.25) is 0 Å². The number of piperidine rings is 2. The Balaban J connectivity index is 1.32. The third-order valence-corrected chi connectivity index (χ3v) is 6.08. The van der Waals surface area contributed by atoms with Crippen LogP contribution in [0.25, 0.3) is 11.5 Å². The van der Waals surface area contributed by atoms with E-state index in [1.54, 1.807) is 7.11 Å². The number of ether oxygens (including phenoxy) is 1. The number of likely N-dealkylation sites (tertiary alicyclic amines) is 2. The van der Waals surface area contributed by atoms with Crippen molar-refractivity contribution in [2.45, 2.75) is 32.2 Å². The lowest BCUT2D eigenvalue weighted by Gasteiger charge is -2.47. The molecule has 7 nitrogen and oxygen atoms in total. The number of nitrogens with zero attached hydrogens (tertiary/aromatic N) is 4. The van der Waals surface area contributed by atoms with E-state index in [9.17, 15) is 4.79 Å². The first-order valence-corrected chi connectivity index (χ1v) is 10.0. The largest absolute Gasteiger partial charge is 0.383 e. The van der Waals surface area contributed by atoms with Crippen LogP contribution in [-0.4, -0.2) is 65.7 Å². The van der Waals surface area contributed by atoms with Crippen LogP contribution in [0.1, 0.15) is 31.5 Å². The zero-order valence-electron chi connectivity index (χ0n) is 16.5. The highest BCUT2D eigenvalue weighted by Gasteiger charge is 2.40. The lowest BCUT2D eigenvalue weighted by atomic mass is 9.72. The lowest BCUT2D eigenvalue weighted by Crippen LogP contribution is -2.52. The van der Waals surface area contributed by atoms with Crippen LogP contribution in [0.5, 0.6) is 0 Å². The van der Waals surface area contributed by atoms with Crippen LogP contribution in [0, 0.1) is 5.41 Å². The number of carbonyl (C=O) groups excluding carboxylic acids is 1. The summed E-state index contributed by atoms with van der Waals surface area (Å²) in [5.74, 6) is 1.57. The molecule has 2 aliphatic rings. The number of hydrogen-bond donors (Lipinski definition) is 0. The molecule has 0 radical (unpaired) electrons. The molecule has 1 spiro atoms. The first-order valence-electron chi connectivity index (χ1n) is 10.0. The molecular weight excluding hydrogens is 356 g/mol. The van der Waals surface area contributed by atoms with E-state index in [1.807, 2.05) is 35.2 Å². The van der Waals surface area contributed by atoms with E-state index in [4.69, 9.17) is 9.26 Å². The second-order valence-corrected chi connectivity index (χ2v) is 7.97. The highest BCUT2D eigenvalue weighted by Crippen LogP contribution is 2.40. The predicted molar refractivity (Wildman–Crippen MR) is 104 cm³/mol. The van der Waals surface area contributed by atoms with Gasteiger partial charge < -0.3 is 14.2 Å². The molecule has 1 aromatic carbocycles. The SMILES string of the molecule is COCCN1CC2(CCC1=O)CCN(Cc1noc(-c3ccccc3)n1)CC2. The molecule has 0 bridgehead atoms. The van der Waals surface area contributed by atoms with Gasteiger partial charge in [-0.2, -0.15) is 4.98 Å². The number of benzene rings is 1. The third kappa shape index (κ3) is 4.25. The van der Waals surface area contributed by atoms with E-state index in [0.29, 0.717) is 32.0 Å². The second kappa shape index (κ2) is 8.41. The summed E-state index contributed by atoms with van der Waals surface area (Å²) in [4.78, 5) is 21.1. The van der Waals surface area contributed by atoms with Gasteiger partial charge in [-0.15, -0.1) is 0 Å². The summed E-state index contributed by atoms with van der Waals surface area (Å²) in [6.07, 6.45) is 3.87. The average Bonchev–Trinajstić information content (AvgIpc) is 3.20. The van der Waals surface area contributed by atoms with Crippen LogP contribution in [0.3, 0.4) is 0 Å². The van der Waals surface area contributed by atoms with Gasteiger partial charge in [0.15, 0.2) is 5.82 Å². The Bertz CT molecular complexity index is 784. The van der Waals surface area contributed by atoms with E-state index in [0.717, 1.165) is 50.3 Å². The van der Waals surface area contributed by atoms with Gasteiger partial charge in [-0.3, -0.25) is 9.69 Å². The fourth-order valence-corrected chi connectivity index (χ4v) is 4.32. The normalized spacial score (nSPS) is 20.0. The van der Waals surface area contributed by atoms with E-state index in [1.165, 1.54) is 0 Å². The average molecular weight is 384 g/mol. The summed E-state index contributed by atoms with van der Waals surface area (Å²) in [7, 11) is 1.68. The van der Waals surface area contributed by atoms with Crippen LogP contribution >= 0.6 is 0 Å². The van der Waals surface area contributed by atoms with Crippen molar-refractivity contribution in [3.8, 4) is 11.5 Å². The standard InChI is InChI=1S/C21H28N4O3/c1-27-14-13-25-16-21(8-7-19(25)26)9-11-24(12-10-21)15-18-22-20(28-23-18)17-5-3-2-4-6-17/h2-6H,7-16H2,1H3. The van der Waals surface area contributed by atoms with Gasteiger partial charge in [0.25, 0.3) is 5.89 Å². The zero-order valence-corrected chi connectivity index (χ0v) is 16.5. The first kappa shape index (κ1) is 19.1. The van der Waals surface area contributed by atoms with Crippen molar-refractivity contribution < 1.29 is 14.1 Å². The molecule has 0 N–H and O–H groups in total. The molecule has 0 unspecified atom stereocenters. The number of hydrogen-bond acceptors (Lipinski definition) is 6. The molecule has 2 fully saturated rings. The predicted octanol–water partition coefficient (Wildman–Crippen LogP) is 2.59. The minimum atomic E-state index is 0.255. The van der Waals surface area contributed by atoms with Gasteiger partial charge in [0.05, 0.1) is 13.2 Å². The van der Waals surface area contributed by atoms with Crippen LogP contribution in [-0.2, 0) is 16.1 Å². The van der Waals surface area contributed by atoms with Crippen molar-refractivity contribution in [2.75, 3.05) is 39.9 Å². The minimum Gasteiger partial charge on any atom is -0.383 e. The molecule has 3 heterocycles. The van der Waals surface area contributed by atoms with Gasteiger partial charge in [-0.25, -0.2) is 0 Å². The lowest BCUT2D eigenvalue weighted by molar-refractivity contribution is -0.140. The maximum atomic E-state index is 12.2. The quantitative estimate of drug-likeness (QED) is 0.762. The van der Waals surface area contributed by atoms with Gasteiger partial charge in [-0.1, -0.05) is 23.4 Å². The highest BCUT2D eigenvalue weighted by molar-refractivity contribution is 5.77. The summed E-state index contributed by atoms with van der Waals surface area (Å²) >= 11 is 0. The molecule has 2 saturated heterocycles. The second-order valence-electron chi connectivity index (χ2n) is 7.97. The summed E-state index contributed by atoms with van der Waals surface area (Å²) < 4.78 is 10.6. The van der Waals surface area contributed by atoms with Crippen molar-refractivity contribution in [3.05, 3.63) is 36.2 Å². The Hall–Kier alpha value is -2.25. The molecule has 2 aliphatic heterocycles. The molecule has 0 atom stereocenters. The Morgan fingerprint density at radius 2 is 1.96 bits per heavy atom. The van der Waals surface area contributed by atoms with Crippen molar-refractivity contribution in [1.29, 1.82) is 0 Å². The maximum absolute atomic E-state index is 12.2. The highest BCUT2D eigenvalue weighted by atomic mass is 16.5. The van der Waals surface area contributed by atoms with E-state index < -0.39 is 0 Å². The third-order valence-electron chi connectivity index (χ3n) is 6.08. The summed E-state index contributed by atoms with van der Waals surface area (Å²) in [5.41, 5.74) is 1.20. The summed E-state index contributed by atoms with van der Waals surface area (Å²) in [5, 5.41) is 4.15. The number of carbonyl (C=O) groups is 1. The number of amides is 1. The molecule has 2 aromatic rings. The first-order chi connectivity index (χ1) is 13.7. The number of methoxy groups -OCH3 is 1. The van der Waals surface area contributed by atoms with Crippen LogP contribution < -0.4 is 0 Å². The van der Waals surface area contributed by atoms with Crippen molar-refractivity contribution in [3.63, 3.8) is 0 Å². The Kier molecular flexibility index (Phi) is 5.73. The van der Waals surface area contributed by atoms with E-state index in [2.05, 4.69) is 15.0 Å². The van der Waals surface area contributed by atoms with Gasteiger partial charge in [0.2, 0.25) is 5.91 Å². The van der Waals surface area contributed by atoms with Gasteiger partial charge in [0, 0.05) is 32.2 Å². The molecule has 7 heteroatoms. The monoisotopic (exact) mass is 384 g/mol. The van der Waals surface area contributed by atoms with E-state index >= 15 is 0 Å². The van der Waals surface area contributed by atoms with Crippen molar-refractivity contribution >= 4 is 5.91 Å². The van der Waals surface area contributed by atoms with Gasteiger partial charge >= 0.3 is 0 Å². The van der Waals surface area contributed by atoms with Gasteiger partial charge in [-0.05, 0) is 49.9 Å². The molecule has 28 heavy (non-hydrogen) atoms.